The van der Waals surface area contributed by atoms with Crippen LogP contribution in [0, 0.1) is 19.8 Å². The maximum absolute atomic E-state index is 12.2. The molecule has 110 valence electrons. The summed E-state index contributed by atoms with van der Waals surface area (Å²) in [4.78, 5) is 12.2. The first kappa shape index (κ1) is 13.6. The van der Waals surface area contributed by atoms with Gasteiger partial charge in [-0.1, -0.05) is 6.92 Å². The minimum Gasteiger partial charge on any atom is -0.378 e. The molecule has 0 unspecified atom stereocenters. The molecule has 1 N–H and O–H groups in total. The molecular formula is C15H23N3O2. The van der Waals surface area contributed by atoms with Gasteiger partial charge < -0.3 is 10.1 Å². The van der Waals surface area contributed by atoms with Gasteiger partial charge in [0.1, 0.15) is 6.54 Å². The van der Waals surface area contributed by atoms with E-state index in [1.165, 1.54) is 5.56 Å². The molecule has 0 bridgehead atoms. The smallest absolute Gasteiger partial charge is 0.241 e. The fourth-order valence-corrected chi connectivity index (χ4v) is 3.55. The SMILES string of the molecule is CCc1c(C)nn(CC(=O)N[C@@H]2C[C@H]3OCC[C@@H]23)c1C. The molecule has 20 heavy (non-hydrogen) atoms. The highest BCUT2D eigenvalue weighted by atomic mass is 16.5. The number of hydrogen-bond donors (Lipinski definition) is 1. The fourth-order valence-electron chi connectivity index (χ4n) is 3.55. The van der Waals surface area contributed by atoms with Crippen molar-refractivity contribution in [1.29, 1.82) is 0 Å². The van der Waals surface area contributed by atoms with Crippen molar-refractivity contribution in [3.63, 3.8) is 0 Å². The van der Waals surface area contributed by atoms with Crippen molar-refractivity contribution in [2.45, 2.75) is 58.7 Å². The lowest BCUT2D eigenvalue weighted by molar-refractivity contribution is -0.124. The average molecular weight is 277 g/mol. The van der Waals surface area contributed by atoms with E-state index >= 15 is 0 Å². The number of ether oxygens (including phenoxy) is 1. The Balaban J connectivity index is 1.59. The average Bonchev–Trinajstić information content (AvgIpc) is 2.88. The molecule has 3 rings (SSSR count). The van der Waals surface area contributed by atoms with Crippen LogP contribution >= 0.6 is 0 Å². The summed E-state index contributed by atoms with van der Waals surface area (Å²) in [5.74, 6) is 0.596. The molecule has 1 aliphatic carbocycles. The van der Waals surface area contributed by atoms with Crippen molar-refractivity contribution in [3.8, 4) is 0 Å². The number of hydrogen-bond acceptors (Lipinski definition) is 3. The highest BCUT2D eigenvalue weighted by Crippen LogP contribution is 2.38. The van der Waals surface area contributed by atoms with Crippen LogP contribution in [-0.4, -0.2) is 34.4 Å². The van der Waals surface area contributed by atoms with E-state index in [9.17, 15) is 4.79 Å². The van der Waals surface area contributed by atoms with Crippen molar-refractivity contribution in [2.75, 3.05) is 6.61 Å². The molecule has 2 fully saturated rings. The van der Waals surface area contributed by atoms with E-state index in [4.69, 9.17) is 4.74 Å². The molecule has 2 heterocycles. The largest absolute Gasteiger partial charge is 0.378 e. The van der Waals surface area contributed by atoms with Crippen LogP contribution in [0.1, 0.15) is 36.7 Å². The van der Waals surface area contributed by atoms with Crippen LogP contribution < -0.4 is 5.32 Å². The number of carbonyl (C=O) groups is 1. The number of amides is 1. The molecule has 2 aliphatic rings. The summed E-state index contributed by atoms with van der Waals surface area (Å²) in [6.07, 6.45) is 3.40. The molecular weight excluding hydrogens is 254 g/mol. The van der Waals surface area contributed by atoms with E-state index in [1.807, 2.05) is 18.5 Å². The van der Waals surface area contributed by atoms with Crippen molar-refractivity contribution >= 4 is 5.91 Å². The standard InChI is InChI=1S/C15H23N3O2/c1-4-11-9(2)17-18(10(11)3)8-15(19)16-13-7-14-12(13)5-6-20-14/h12-14H,4-8H2,1-3H3,(H,16,19)/t12-,13+,14+/m0/s1. The Kier molecular flexibility index (Phi) is 3.54. The van der Waals surface area contributed by atoms with E-state index in [0.29, 0.717) is 24.6 Å². The number of nitrogens with one attached hydrogen (secondary N) is 1. The van der Waals surface area contributed by atoms with Gasteiger partial charge in [0, 0.05) is 24.3 Å². The van der Waals surface area contributed by atoms with Crippen LogP contribution in [0.25, 0.3) is 0 Å². The Morgan fingerprint density at radius 3 is 2.95 bits per heavy atom. The number of nitrogens with zero attached hydrogens (tertiary/aromatic N) is 2. The lowest BCUT2D eigenvalue weighted by Gasteiger charge is -2.39. The lowest BCUT2D eigenvalue weighted by atomic mass is 9.76. The normalized spacial score (nSPS) is 28.1. The minimum absolute atomic E-state index is 0.0635. The molecule has 5 nitrogen and oxygen atoms in total. The Morgan fingerprint density at radius 1 is 1.50 bits per heavy atom. The van der Waals surface area contributed by atoms with Crippen LogP contribution in [0.5, 0.6) is 0 Å². The van der Waals surface area contributed by atoms with Crippen molar-refractivity contribution in [1.82, 2.24) is 15.1 Å². The fraction of sp³-hybridized carbons (Fsp3) is 0.733. The van der Waals surface area contributed by atoms with Gasteiger partial charge in [-0.3, -0.25) is 9.48 Å². The third-order valence-electron chi connectivity index (χ3n) is 4.79. The summed E-state index contributed by atoms with van der Waals surface area (Å²) in [5, 5.41) is 7.60. The summed E-state index contributed by atoms with van der Waals surface area (Å²) in [6.45, 7) is 7.33. The van der Waals surface area contributed by atoms with E-state index in [1.54, 1.807) is 0 Å². The number of aromatic nitrogens is 2. The van der Waals surface area contributed by atoms with Gasteiger partial charge >= 0.3 is 0 Å². The first-order chi connectivity index (χ1) is 9.60. The van der Waals surface area contributed by atoms with E-state index in [-0.39, 0.29) is 5.91 Å². The van der Waals surface area contributed by atoms with Gasteiger partial charge in [0.25, 0.3) is 0 Å². The molecule has 0 aromatic carbocycles. The quantitative estimate of drug-likeness (QED) is 0.904. The van der Waals surface area contributed by atoms with Gasteiger partial charge in [-0.15, -0.1) is 0 Å². The first-order valence-corrected chi connectivity index (χ1v) is 7.54. The zero-order valence-electron chi connectivity index (χ0n) is 12.5. The summed E-state index contributed by atoms with van der Waals surface area (Å²) in [6, 6.07) is 0.303. The highest BCUT2D eigenvalue weighted by molar-refractivity contribution is 5.76. The van der Waals surface area contributed by atoms with Gasteiger partial charge in [0.15, 0.2) is 0 Å². The lowest BCUT2D eigenvalue weighted by Crippen LogP contribution is -2.54. The Hall–Kier alpha value is -1.36. The second kappa shape index (κ2) is 5.20. The maximum atomic E-state index is 12.2. The van der Waals surface area contributed by atoms with E-state index < -0.39 is 0 Å². The van der Waals surface area contributed by atoms with E-state index in [0.717, 1.165) is 37.3 Å². The second-order valence-corrected chi connectivity index (χ2v) is 5.93. The van der Waals surface area contributed by atoms with Crippen LogP contribution in [-0.2, 0) is 22.5 Å². The van der Waals surface area contributed by atoms with Gasteiger partial charge in [-0.2, -0.15) is 5.10 Å². The summed E-state index contributed by atoms with van der Waals surface area (Å²) in [7, 11) is 0. The van der Waals surface area contributed by atoms with Crippen LogP contribution in [0.4, 0.5) is 0 Å². The first-order valence-electron chi connectivity index (χ1n) is 7.54. The molecule has 1 aromatic heterocycles. The molecule has 3 atom stereocenters. The number of rotatable bonds is 4. The third kappa shape index (κ3) is 2.24. The summed E-state index contributed by atoms with van der Waals surface area (Å²) < 4.78 is 7.39. The predicted octanol–water partition coefficient (Wildman–Crippen LogP) is 1.36. The van der Waals surface area contributed by atoms with Gasteiger partial charge in [0.05, 0.1) is 11.8 Å². The molecule has 1 amide bonds. The highest BCUT2D eigenvalue weighted by Gasteiger charge is 2.45. The van der Waals surface area contributed by atoms with Gasteiger partial charge in [-0.25, -0.2) is 0 Å². The van der Waals surface area contributed by atoms with Crippen LogP contribution in [0.3, 0.4) is 0 Å². The number of carbonyl (C=O) groups excluding carboxylic acids is 1. The summed E-state index contributed by atoms with van der Waals surface area (Å²) >= 11 is 0. The third-order valence-corrected chi connectivity index (χ3v) is 4.79. The number of fused-ring (bicyclic) bond motifs is 1. The van der Waals surface area contributed by atoms with Crippen molar-refractivity contribution in [3.05, 3.63) is 17.0 Å². The van der Waals surface area contributed by atoms with Crippen molar-refractivity contribution in [2.24, 2.45) is 5.92 Å². The predicted molar refractivity (Wildman–Crippen MR) is 75.5 cm³/mol. The monoisotopic (exact) mass is 277 g/mol. The topological polar surface area (TPSA) is 56.2 Å². The van der Waals surface area contributed by atoms with Crippen LogP contribution in [0.15, 0.2) is 0 Å². The van der Waals surface area contributed by atoms with E-state index in [2.05, 4.69) is 17.3 Å². The minimum atomic E-state index is 0.0635. The molecule has 0 spiro atoms. The molecule has 1 aliphatic heterocycles. The molecule has 1 saturated heterocycles. The zero-order valence-corrected chi connectivity index (χ0v) is 12.5. The Bertz CT molecular complexity index is 523. The zero-order chi connectivity index (χ0) is 14.3. The summed E-state index contributed by atoms with van der Waals surface area (Å²) in [5.41, 5.74) is 3.40. The van der Waals surface area contributed by atoms with Crippen molar-refractivity contribution < 1.29 is 9.53 Å². The molecule has 1 saturated carbocycles. The maximum Gasteiger partial charge on any atom is 0.241 e. The van der Waals surface area contributed by atoms with Gasteiger partial charge in [-0.05, 0) is 38.7 Å². The Morgan fingerprint density at radius 2 is 2.30 bits per heavy atom. The second-order valence-electron chi connectivity index (χ2n) is 5.93. The molecule has 5 heteroatoms. The number of aryl methyl sites for hydroxylation is 1. The molecule has 1 aromatic rings. The Labute approximate surface area is 119 Å². The van der Waals surface area contributed by atoms with Crippen LogP contribution in [0.2, 0.25) is 0 Å². The van der Waals surface area contributed by atoms with Gasteiger partial charge in [0.2, 0.25) is 5.91 Å². The molecule has 0 radical (unpaired) electrons.